The van der Waals surface area contributed by atoms with Crippen LogP contribution < -0.4 is 15.0 Å². The Morgan fingerprint density at radius 1 is 1.00 bits per heavy atom. The average Bonchev–Trinajstić information content (AvgIpc) is 2.96. The second-order valence-electron chi connectivity index (χ2n) is 10.3. The number of amides is 1. The SMILES string of the molecule is CS(=O)N1CCC(CNC(=O)c2ccc3c(c2)CCCN3Cc2ccccc2OCc2ccccc2)CC1. The molecule has 2 heterocycles. The summed E-state index contributed by atoms with van der Waals surface area (Å²) >= 11 is 0. The lowest BCUT2D eigenvalue weighted by Gasteiger charge is -2.32. The van der Waals surface area contributed by atoms with E-state index in [2.05, 4.69) is 46.6 Å². The van der Waals surface area contributed by atoms with Crippen LogP contribution in [0.2, 0.25) is 0 Å². The minimum absolute atomic E-state index is 0.00826. The molecular formula is C31H37N3O3S. The molecule has 3 aromatic carbocycles. The van der Waals surface area contributed by atoms with Crippen LogP contribution in [-0.2, 0) is 30.6 Å². The molecule has 0 aromatic heterocycles. The highest BCUT2D eigenvalue weighted by molar-refractivity contribution is 7.81. The van der Waals surface area contributed by atoms with Crippen LogP contribution in [0.4, 0.5) is 5.69 Å². The fourth-order valence-electron chi connectivity index (χ4n) is 5.41. The zero-order valence-corrected chi connectivity index (χ0v) is 22.9. The van der Waals surface area contributed by atoms with Crippen molar-refractivity contribution in [1.29, 1.82) is 0 Å². The van der Waals surface area contributed by atoms with E-state index in [-0.39, 0.29) is 5.91 Å². The standard InChI is InChI=1S/C31H37N3O3S/c1-38(36)34-18-15-24(16-19-34)21-32-31(35)27-13-14-29-26(20-27)11-7-17-33(29)22-28-10-5-6-12-30(28)37-23-25-8-3-2-4-9-25/h2-6,8-10,12-14,20,24H,7,11,15-19,21-23H2,1H3,(H,32,35). The quantitative estimate of drug-likeness (QED) is 0.424. The van der Waals surface area contributed by atoms with Crippen molar-refractivity contribution in [2.24, 2.45) is 5.92 Å². The summed E-state index contributed by atoms with van der Waals surface area (Å²) in [5.74, 6) is 1.35. The molecule has 1 amide bonds. The third-order valence-corrected chi connectivity index (χ3v) is 8.71. The topological polar surface area (TPSA) is 61.9 Å². The number of carbonyl (C=O) groups excluding carboxylic acids is 1. The fraction of sp³-hybridized carbons (Fsp3) is 0.387. The van der Waals surface area contributed by atoms with Crippen LogP contribution in [-0.4, -0.2) is 46.9 Å². The first-order valence-corrected chi connectivity index (χ1v) is 15.1. The van der Waals surface area contributed by atoms with Crippen molar-refractivity contribution in [3.8, 4) is 5.75 Å². The number of benzene rings is 3. The molecule has 2 aliphatic heterocycles. The average molecular weight is 532 g/mol. The molecule has 1 unspecified atom stereocenters. The van der Waals surface area contributed by atoms with E-state index >= 15 is 0 Å². The number of nitrogens with one attached hydrogen (secondary N) is 1. The predicted octanol–water partition coefficient (Wildman–Crippen LogP) is 4.95. The molecule has 2 aliphatic rings. The van der Waals surface area contributed by atoms with Gasteiger partial charge in [-0.25, -0.2) is 8.51 Å². The van der Waals surface area contributed by atoms with Gasteiger partial charge in [0.15, 0.2) is 0 Å². The van der Waals surface area contributed by atoms with Crippen molar-refractivity contribution in [3.63, 3.8) is 0 Å². The number of nitrogens with zero attached hydrogens (tertiary/aromatic N) is 2. The first-order valence-electron chi connectivity index (χ1n) is 13.6. The van der Waals surface area contributed by atoms with E-state index in [1.54, 1.807) is 6.26 Å². The molecular weight excluding hydrogens is 494 g/mol. The third kappa shape index (κ3) is 6.63. The molecule has 0 spiro atoms. The van der Waals surface area contributed by atoms with Gasteiger partial charge in [0.2, 0.25) is 0 Å². The molecule has 3 aromatic rings. The van der Waals surface area contributed by atoms with Crippen LogP contribution in [0.5, 0.6) is 5.75 Å². The number of rotatable bonds is 9. The van der Waals surface area contributed by atoms with Crippen LogP contribution in [0.15, 0.2) is 72.8 Å². The van der Waals surface area contributed by atoms with Crippen molar-refractivity contribution in [2.45, 2.75) is 38.8 Å². The highest BCUT2D eigenvalue weighted by Crippen LogP contribution is 2.31. The molecule has 38 heavy (non-hydrogen) atoms. The molecule has 1 N–H and O–H groups in total. The minimum Gasteiger partial charge on any atom is -0.489 e. The summed E-state index contributed by atoms with van der Waals surface area (Å²) in [6, 6.07) is 24.6. The van der Waals surface area contributed by atoms with Crippen LogP contribution >= 0.6 is 0 Å². The predicted molar refractivity (Wildman–Crippen MR) is 154 cm³/mol. The summed E-state index contributed by atoms with van der Waals surface area (Å²) in [7, 11) is -0.903. The number of anilines is 1. The van der Waals surface area contributed by atoms with Crippen LogP contribution in [0.1, 0.15) is 46.3 Å². The number of hydrogen-bond donors (Lipinski definition) is 1. The number of hydrogen-bond acceptors (Lipinski definition) is 4. The minimum atomic E-state index is -0.903. The van der Waals surface area contributed by atoms with Gasteiger partial charge in [-0.1, -0.05) is 48.5 Å². The number of aryl methyl sites for hydroxylation is 1. The van der Waals surface area contributed by atoms with E-state index in [0.717, 1.165) is 74.3 Å². The van der Waals surface area contributed by atoms with Gasteiger partial charge in [-0.15, -0.1) is 0 Å². The zero-order valence-electron chi connectivity index (χ0n) is 22.1. The Hall–Kier alpha value is -3.16. The van der Waals surface area contributed by atoms with Crippen molar-refractivity contribution in [3.05, 3.63) is 95.1 Å². The van der Waals surface area contributed by atoms with Gasteiger partial charge in [0, 0.05) is 55.8 Å². The maximum atomic E-state index is 13.0. The Morgan fingerprint density at radius 3 is 2.55 bits per heavy atom. The van der Waals surface area contributed by atoms with E-state index < -0.39 is 11.0 Å². The summed E-state index contributed by atoms with van der Waals surface area (Å²) in [5.41, 5.74) is 5.47. The first kappa shape index (κ1) is 26.4. The van der Waals surface area contributed by atoms with Gasteiger partial charge in [-0.2, -0.15) is 0 Å². The van der Waals surface area contributed by atoms with Crippen molar-refractivity contribution in [2.75, 3.05) is 37.3 Å². The summed E-state index contributed by atoms with van der Waals surface area (Å²) in [6.07, 6.45) is 5.71. The van der Waals surface area contributed by atoms with Gasteiger partial charge in [-0.3, -0.25) is 4.79 Å². The summed E-state index contributed by atoms with van der Waals surface area (Å²) in [6.45, 7) is 4.63. The molecule has 200 valence electrons. The van der Waals surface area contributed by atoms with Crippen LogP contribution in [0.3, 0.4) is 0 Å². The summed E-state index contributed by atoms with van der Waals surface area (Å²) in [4.78, 5) is 15.4. The van der Waals surface area contributed by atoms with E-state index in [9.17, 15) is 9.00 Å². The Kier molecular flexibility index (Phi) is 8.76. The maximum absolute atomic E-state index is 13.0. The van der Waals surface area contributed by atoms with E-state index in [1.165, 1.54) is 11.3 Å². The lowest BCUT2D eigenvalue weighted by molar-refractivity contribution is 0.0941. The molecule has 1 saturated heterocycles. The normalized spacial score (nSPS) is 17.0. The smallest absolute Gasteiger partial charge is 0.251 e. The van der Waals surface area contributed by atoms with Gasteiger partial charge in [0.05, 0.1) is 11.0 Å². The molecule has 0 saturated carbocycles. The number of carbonyl (C=O) groups is 1. The largest absolute Gasteiger partial charge is 0.489 e. The number of para-hydroxylation sites is 1. The maximum Gasteiger partial charge on any atom is 0.251 e. The second-order valence-corrected chi connectivity index (χ2v) is 11.6. The molecule has 5 rings (SSSR count). The lowest BCUT2D eigenvalue weighted by atomic mass is 9.97. The molecule has 1 atom stereocenters. The Labute approximate surface area is 228 Å². The van der Waals surface area contributed by atoms with Crippen molar-refractivity contribution < 1.29 is 13.7 Å². The molecule has 0 aliphatic carbocycles. The highest BCUT2D eigenvalue weighted by Gasteiger charge is 2.23. The van der Waals surface area contributed by atoms with Crippen molar-refractivity contribution >= 4 is 22.6 Å². The molecule has 0 bridgehead atoms. The van der Waals surface area contributed by atoms with Gasteiger partial charge >= 0.3 is 0 Å². The highest BCUT2D eigenvalue weighted by atomic mass is 32.2. The second kappa shape index (κ2) is 12.6. The Balaban J connectivity index is 1.20. The Morgan fingerprint density at radius 2 is 1.76 bits per heavy atom. The molecule has 0 radical (unpaired) electrons. The molecule has 1 fully saturated rings. The fourth-order valence-corrected chi connectivity index (χ4v) is 6.13. The van der Waals surface area contributed by atoms with Crippen molar-refractivity contribution in [1.82, 2.24) is 9.62 Å². The van der Waals surface area contributed by atoms with E-state index in [0.29, 0.717) is 19.1 Å². The number of ether oxygens (including phenoxy) is 1. The molecule has 7 heteroatoms. The Bertz CT molecular complexity index is 1260. The van der Waals surface area contributed by atoms with Gasteiger partial charge in [0.25, 0.3) is 5.91 Å². The number of fused-ring (bicyclic) bond motifs is 1. The summed E-state index contributed by atoms with van der Waals surface area (Å²) < 4.78 is 19.9. The number of piperidine rings is 1. The summed E-state index contributed by atoms with van der Waals surface area (Å²) in [5, 5.41) is 3.14. The van der Waals surface area contributed by atoms with E-state index in [1.807, 2.05) is 40.7 Å². The van der Waals surface area contributed by atoms with Gasteiger partial charge in [0.1, 0.15) is 12.4 Å². The van der Waals surface area contributed by atoms with E-state index in [4.69, 9.17) is 4.74 Å². The monoisotopic (exact) mass is 531 g/mol. The lowest BCUT2D eigenvalue weighted by Crippen LogP contribution is -2.39. The van der Waals surface area contributed by atoms with Gasteiger partial charge in [-0.05, 0) is 67.0 Å². The first-order chi connectivity index (χ1) is 18.6. The van der Waals surface area contributed by atoms with Crippen LogP contribution in [0, 0.1) is 5.92 Å². The molecule has 6 nitrogen and oxygen atoms in total. The third-order valence-electron chi connectivity index (χ3n) is 7.62. The van der Waals surface area contributed by atoms with Gasteiger partial charge < -0.3 is 15.0 Å². The zero-order chi connectivity index (χ0) is 26.3. The van der Waals surface area contributed by atoms with Crippen LogP contribution in [0.25, 0.3) is 0 Å².